The van der Waals surface area contributed by atoms with Gasteiger partial charge >= 0.3 is 0 Å². The van der Waals surface area contributed by atoms with Crippen LogP contribution in [0.5, 0.6) is 0 Å². The number of halogens is 1. The molecule has 2 heterocycles. The molecule has 0 unspecified atom stereocenters. The third-order valence-corrected chi connectivity index (χ3v) is 7.35. The lowest BCUT2D eigenvalue weighted by Crippen LogP contribution is -2.46. The summed E-state index contributed by atoms with van der Waals surface area (Å²) >= 11 is 1.33. The number of hydrogen-bond donors (Lipinski definition) is 1. The van der Waals surface area contributed by atoms with Crippen molar-refractivity contribution in [2.45, 2.75) is 26.0 Å². The molecule has 7 heteroatoms. The minimum atomic E-state index is -0.307. The topological polar surface area (TPSA) is 44.8 Å². The molecule has 0 aliphatic carbocycles. The van der Waals surface area contributed by atoms with Gasteiger partial charge in [0.05, 0.1) is 11.5 Å². The Labute approximate surface area is 199 Å². The van der Waals surface area contributed by atoms with Gasteiger partial charge in [-0.3, -0.25) is 9.69 Å². The van der Waals surface area contributed by atoms with Crippen molar-refractivity contribution >= 4 is 27.3 Å². The molecule has 176 valence electrons. The fourth-order valence-electron chi connectivity index (χ4n) is 4.39. The summed E-state index contributed by atoms with van der Waals surface area (Å²) in [7, 11) is 1.56. The number of unbranched alkanes of at least 4 members (excludes halogenated alkanes) is 1. The number of benzene rings is 2. The Morgan fingerprint density at radius 3 is 2.55 bits per heavy atom. The quantitative estimate of drug-likeness (QED) is 0.444. The first kappa shape index (κ1) is 23.8. The number of methoxy groups -OCH3 is 1. The number of ether oxygens (including phenoxy) is 1. The van der Waals surface area contributed by atoms with Gasteiger partial charge in [-0.25, -0.2) is 4.39 Å². The zero-order valence-corrected chi connectivity index (χ0v) is 20.0. The van der Waals surface area contributed by atoms with Crippen LogP contribution in [0.4, 0.5) is 4.39 Å². The first-order valence-corrected chi connectivity index (χ1v) is 12.4. The maximum Gasteiger partial charge on any atom is 0.261 e. The number of fused-ring (bicyclic) bond motifs is 1. The zero-order chi connectivity index (χ0) is 23.0. The van der Waals surface area contributed by atoms with Crippen molar-refractivity contribution in [2.24, 2.45) is 0 Å². The third kappa shape index (κ3) is 6.18. The number of amides is 1. The summed E-state index contributed by atoms with van der Waals surface area (Å²) in [4.78, 5) is 18.3. The number of carbonyl (C=O) groups excluding carboxylic acids is 1. The summed E-state index contributed by atoms with van der Waals surface area (Å²) in [6.45, 7) is 7.29. The SMILES string of the molecule is COCc1c(C(=O)NCCCCN2CCN(Cc3ccccc3)CC2)sc2cccc(F)c12. The summed E-state index contributed by atoms with van der Waals surface area (Å²) in [5, 5.41) is 3.52. The maximum atomic E-state index is 14.3. The van der Waals surface area contributed by atoms with Crippen molar-refractivity contribution < 1.29 is 13.9 Å². The van der Waals surface area contributed by atoms with Crippen molar-refractivity contribution in [1.82, 2.24) is 15.1 Å². The molecule has 1 saturated heterocycles. The number of thiophene rings is 1. The van der Waals surface area contributed by atoms with Crippen LogP contribution in [0.3, 0.4) is 0 Å². The van der Waals surface area contributed by atoms with E-state index >= 15 is 0 Å². The van der Waals surface area contributed by atoms with Crippen molar-refractivity contribution in [3.05, 3.63) is 70.4 Å². The first-order valence-electron chi connectivity index (χ1n) is 11.6. The Kier molecular flexibility index (Phi) is 8.45. The van der Waals surface area contributed by atoms with Gasteiger partial charge in [-0.05, 0) is 37.1 Å². The monoisotopic (exact) mass is 469 g/mol. The van der Waals surface area contributed by atoms with E-state index in [4.69, 9.17) is 4.74 Å². The van der Waals surface area contributed by atoms with Gasteiger partial charge < -0.3 is 15.0 Å². The van der Waals surface area contributed by atoms with E-state index in [9.17, 15) is 9.18 Å². The van der Waals surface area contributed by atoms with Gasteiger partial charge in [0.1, 0.15) is 5.82 Å². The molecule has 1 aliphatic heterocycles. The third-order valence-electron chi connectivity index (χ3n) is 6.16. The number of hydrogen-bond acceptors (Lipinski definition) is 5. The molecule has 1 fully saturated rings. The van der Waals surface area contributed by atoms with Crippen molar-refractivity contribution in [3.63, 3.8) is 0 Å². The molecule has 5 nitrogen and oxygen atoms in total. The normalized spacial score (nSPS) is 15.2. The highest BCUT2D eigenvalue weighted by molar-refractivity contribution is 7.21. The molecule has 33 heavy (non-hydrogen) atoms. The molecule has 0 radical (unpaired) electrons. The van der Waals surface area contributed by atoms with E-state index < -0.39 is 0 Å². The highest BCUT2D eigenvalue weighted by Crippen LogP contribution is 2.33. The average molecular weight is 470 g/mol. The number of carbonyl (C=O) groups is 1. The van der Waals surface area contributed by atoms with Gasteiger partial charge in [0.2, 0.25) is 0 Å². The van der Waals surface area contributed by atoms with Crippen LogP contribution in [0.15, 0.2) is 48.5 Å². The Morgan fingerprint density at radius 2 is 1.79 bits per heavy atom. The summed E-state index contributed by atoms with van der Waals surface area (Å²) in [5.41, 5.74) is 2.01. The molecule has 3 aromatic rings. The largest absolute Gasteiger partial charge is 0.380 e. The predicted octanol–water partition coefficient (Wildman–Crippen LogP) is 4.51. The minimum absolute atomic E-state index is 0.142. The molecule has 1 aromatic heterocycles. The Morgan fingerprint density at radius 1 is 1.03 bits per heavy atom. The van der Waals surface area contributed by atoms with Crippen LogP contribution in [-0.2, 0) is 17.9 Å². The van der Waals surface area contributed by atoms with E-state index in [0.717, 1.165) is 56.8 Å². The van der Waals surface area contributed by atoms with Gasteiger partial charge in [-0.2, -0.15) is 0 Å². The molecule has 0 bridgehead atoms. The van der Waals surface area contributed by atoms with Gasteiger partial charge in [0, 0.05) is 62.0 Å². The smallest absolute Gasteiger partial charge is 0.261 e. The van der Waals surface area contributed by atoms with Gasteiger partial charge in [0.25, 0.3) is 5.91 Å². The molecule has 0 spiro atoms. The van der Waals surface area contributed by atoms with Crippen LogP contribution in [0.2, 0.25) is 0 Å². The molecule has 1 aliphatic rings. The zero-order valence-electron chi connectivity index (χ0n) is 19.2. The van der Waals surface area contributed by atoms with Crippen molar-refractivity contribution in [1.29, 1.82) is 0 Å². The average Bonchev–Trinajstić information content (AvgIpc) is 3.20. The molecule has 4 rings (SSSR count). The summed E-state index contributed by atoms with van der Waals surface area (Å²) in [5.74, 6) is -0.448. The lowest BCUT2D eigenvalue weighted by atomic mass is 10.1. The summed E-state index contributed by atoms with van der Waals surface area (Å²) < 4.78 is 20.3. The van der Waals surface area contributed by atoms with Gasteiger partial charge in [0.15, 0.2) is 0 Å². The minimum Gasteiger partial charge on any atom is -0.380 e. The van der Waals surface area contributed by atoms with E-state index in [1.54, 1.807) is 13.2 Å². The van der Waals surface area contributed by atoms with E-state index in [1.165, 1.54) is 23.0 Å². The van der Waals surface area contributed by atoms with E-state index in [0.29, 0.717) is 22.4 Å². The van der Waals surface area contributed by atoms with Crippen LogP contribution >= 0.6 is 11.3 Å². The lowest BCUT2D eigenvalue weighted by Gasteiger charge is -2.34. The molecule has 1 amide bonds. The van der Waals surface area contributed by atoms with Crippen LogP contribution in [0, 0.1) is 5.82 Å². The number of nitrogens with zero attached hydrogens (tertiary/aromatic N) is 2. The van der Waals surface area contributed by atoms with E-state index in [-0.39, 0.29) is 18.3 Å². The molecule has 0 saturated carbocycles. The highest BCUT2D eigenvalue weighted by Gasteiger charge is 2.20. The van der Waals surface area contributed by atoms with Crippen LogP contribution in [0.1, 0.15) is 33.6 Å². The fraction of sp³-hybridized carbons (Fsp3) is 0.423. The Bertz CT molecular complexity index is 1050. The maximum absolute atomic E-state index is 14.3. The number of rotatable bonds is 10. The van der Waals surface area contributed by atoms with Crippen LogP contribution < -0.4 is 5.32 Å². The molecular formula is C26H32FN3O2S. The number of piperazine rings is 1. The molecular weight excluding hydrogens is 437 g/mol. The first-order chi connectivity index (χ1) is 16.2. The summed E-state index contributed by atoms with van der Waals surface area (Å²) in [6.07, 6.45) is 1.97. The standard InChI is InChI=1S/C26H32FN3O2S/c1-32-19-21-24-22(27)10-7-11-23(24)33-25(21)26(31)28-12-5-6-13-29-14-16-30(17-15-29)18-20-8-3-2-4-9-20/h2-4,7-11H,5-6,12-19H2,1H3,(H,28,31). The predicted molar refractivity (Wildman–Crippen MR) is 132 cm³/mol. The van der Waals surface area contributed by atoms with Crippen LogP contribution in [0.25, 0.3) is 10.1 Å². The fourth-order valence-corrected chi connectivity index (χ4v) is 5.53. The van der Waals surface area contributed by atoms with E-state index in [2.05, 4.69) is 45.4 Å². The molecule has 1 N–H and O–H groups in total. The van der Waals surface area contributed by atoms with E-state index in [1.807, 2.05) is 6.07 Å². The number of nitrogens with one attached hydrogen (secondary N) is 1. The van der Waals surface area contributed by atoms with Gasteiger partial charge in [-0.15, -0.1) is 11.3 Å². The summed E-state index contributed by atoms with van der Waals surface area (Å²) in [6, 6.07) is 15.6. The second-order valence-corrected chi connectivity index (χ2v) is 9.57. The second-order valence-electron chi connectivity index (χ2n) is 8.52. The van der Waals surface area contributed by atoms with Crippen LogP contribution in [-0.4, -0.2) is 62.1 Å². The molecule has 2 aromatic carbocycles. The Hall–Kier alpha value is -2.32. The van der Waals surface area contributed by atoms with Crippen molar-refractivity contribution in [2.75, 3.05) is 46.4 Å². The molecule has 0 atom stereocenters. The van der Waals surface area contributed by atoms with Gasteiger partial charge in [-0.1, -0.05) is 36.4 Å². The highest BCUT2D eigenvalue weighted by atomic mass is 32.1. The lowest BCUT2D eigenvalue weighted by molar-refractivity contribution is 0.0951. The Balaban J connectivity index is 1.18. The second kappa shape index (κ2) is 11.7. The van der Waals surface area contributed by atoms with Crippen molar-refractivity contribution in [3.8, 4) is 0 Å².